The van der Waals surface area contributed by atoms with Gasteiger partial charge in [0.2, 0.25) is 0 Å². The van der Waals surface area contributed by atoms with E-state index >= 15 is 0 Å². The highest BCUT2D eigenvalue weighted by Gasteiger charge is 2.58. The van der Waals surface area contributed by atoms with Crippen molar-refractivity contribution in [1.82, 2.24) is 0 Å². The lowest BCUT2D eigenvalue weighted by Gasteiger charge is -2.63. The molecule has 8 heteroatoms. The van der Waals surface area contributed by atoms with Gasteiger partial charge in [-0.05, 0) is 83.4 Å². The fourth-order valence-electron chi connectivity index (χ4n) is 7.35. The Bertz CT molecular complexity index is 886. The van der Waals surface area contributed by atoms with Gasteiger partial charge in [-0.25, -0.2) is 0 Å². The first-order valence-electron chi connectivity index (χ1n) is 11.3. The Hall–Kier alpha value is 0.614. The molecule has 172 valence electrons. The maximum absolute atomic E-state index is 6.15. The first-order valence-corrected chi connectivity index (χ1v) is 21.7. The van der Waals surface area contributed by atoms with Crippen molar-refractivity contribution in [2.75, 3.05) is 0 Å². The molecule has 0 spiro atoms. The Morgan fingerprint density at radius 2 is 0.938 bits per heavy atom. The van der Waals surface area contributed by atoms with Crippen LogP contribution in [0.5, 0.6) is 0 Å². The molecule has 4 fully saturated rings. The van der Waals surface area contributed by atoms with Gasteiger partial charge in [0, 0.05) is 12.1 Å². The summed E-state index contributed by atoms with van der Waals surface area (Å²) in [5.74, 6) is 1.61. The predicted molar refractivity (Wildman–Crippen MR) is 145 cm³/mol. The summed E-state index contributed by atoms with van der Waals surface area (Å²) < 4.78 is 0. The zero-order valence-electron chi connectivity index (χ0n) is 17.7. The first-order chi connectivity index (χ1) is 14.9. The van der Waals surface area contributed by atoms with Crippen LogP contribution in [0.15, 0.2) is 48.5 Å². The van der Waals surface area contributed by atoms with Crippen LogP contribution in [0.2, 0.25) is 0 Å². The third kappa shape index (κ3) is 5.09. The zero-order valence-corrected chi connectivity index (χ0v) is 24.2. The highest BCUT2D eigenvalue weighted by molar-refractivity contribution is 7.64. The molecule has 2 aromatic carbocycles. The molecule has 6 rings (SSSR count). The summed E-state index contributed by atoms with van der Waals surface area (Å²) >= 11 is 36.9. The minimum absolute atomic E-state index is 0.267. The standard InChI is InChI=1S/C24H26Cl6Si2/c25-31(26,27)14-17-1-5-21(6-2-17)23-10-19-9-20(11-23)13-24(12-19,16-23)22-7-3-18(4-8-22)15-32(28,29)30/h1-8,19-20H,9-16H2. The van der Waals surface area contributed by atoms with Gasteiger partial charge >= 0.3 is 12.0 Å². The van der Waals surface area contributed by atoms with Crippen LogP contribution >= 0.6 is 66.5 Å². The first kappa shape index (κ1) is 24.3. The molecular formula is C24H26Cl6Si2. The Kier molecular flexibility index (Phi) is 6.55. The van der Waals surface area contributed by atoms with E-state index in [1.807, 2.05) is 0 Å². The third-order valence-corrected chi connectivity index (χ3v) is 12.0. The molecule has 4 aliphatic carbocycles. The number of halogens is 6. The molecule has 4 aliphatic rings. The molecule has 4 saturated carbocycles. The molecule has 0 amide bonds. The Labute approximate surface area is 221 Å². The molecule has 0 saturated heterocycles. The van der Waals surface area contributed by atoms with Crippen LogP contribution in [0.4, 0.5) is 0 Å². The summed E-state index contributed by atoms with van der Waals surface area (Å²) in [6.07, 6.45) is 7.84. The summed E-state index contributed by atoms with van der Waals surface area (Å²) in [4.78, 5) is 0. The van der Waals surface area contributed by atoms with Crippen molar-refractivity contribution < 1.29 is 0 Å². The van der Waals surface area contributed by atoms with Crippen molar-refractivity contribution in [3.63, 3.8) is 0 Å². The predicted octanol–water partition coefficient (Wildman–Crippen LogP) is 8.95. The van der Waals surface area contributed by atoms with Gasteiger partial charge in [-0.15, -0.1) is 66.5 Å². The molecule has 0 aromatic heterocycles. The smallest absolute Gasteiger partial charge is 0.126 e. The highest BCUT2D eigenvalue weighted by atomic mass is 35.8. The maximum Gasteiger partial charge on any atom is 0.345 e. The maximum atomic E-state index is 6.15. The molecular weight excluding hydrogens is 557 g/mol. The lowest BCUT2D eigenvalue weighted by atomic mass is 9.41. The van der Waals surface area contributed by atoms with E-state index in [-0.39, 0.29) is 10.8 Å². The summed E-state index contributed by atoms with van der Waals surface area (Å²) in [6, 6.07) is 13.8. The molecule has 0 N–H and O–H groups in total. The highest BCUT2D eigenvalue weighted by Crippen LogP contribution is 2.66. The molecule has 0 nitrogen and oxygen atoms in total. The molecule has 2 aromatic rings. The summed E-state index contributed by atoms with van der Waals surface area (Å²) in [5.41, 5.74) is 5.75. The number of hydrogen-bond donors (Lipinski definition) is 0. The van der Waals surface area contributed by atoms with Crippen molar-refractivity contribution >= 4 is 78.5 Å². The third-order valence-electron chi connectivity index (χ3n) is 8.00. The van der Waals surface area contributed by atoms with Gasteiger partial charge in [-0.3, -0.25) is 0 Å². The quantitative estimate of drug-likeness (QED) is 0.235. The topological polar surface area (TPSA) is 0 Å². The van der Waals surface area contributed by atoms with Gasteiger partial charge in [-0.1, -0.05) is 48.5 Å². The average molecular weight is 583 g/mol. The average Bonchev–Trinajstić information content (AvgIpc) is 2.65. The number of benzene rings is 2. The molecule has 0 unspecified atom stereocenters. The van der Waals surface area contributed by atoms with Crippen LogP contribution < -0.4 is 0 Å². The van der Waals surface area contributed by atoms with Crippen molar-refractivity contribution in [3.8, 4) is 0 Å². The lowest BCUT2D eigenvalue weighted by Crippen LogP contribution is -2.55. The van der Waals surface area contributed by atoms with E-state index in [0.717, 1.165) is 23.0 Å². The Balaban J connectivity index is 1.43. The van der Waals surface area contributed by atoms with Crippen molar-refractivity contribution in [3.05, 3.63) is 70.8 Å². The molecule has 0 heterocycles. The van der Waals surface area contributed by atoms with Gasteiger partial charge in [0.25, 0.3) is 0 Å². The van der Waals surface area contributed by atoms with Crippen molar-refractivity contribution in [1.29, 1.82) is 0 Å². The van der Waals surface area contributed by atoms with Crippen LogP contribution in [0.1, 0.15) is 60.8 Å². The molecule has 0 radical (unpaired) electrons. The van der Waals surface area contributed by atoms with Crippen molar-refractivity contribution in [2.24, 2.45) is 11.8 Å². The molecule has 32 heavy (non-hydrogen) atoms. The minimum atomic E-state index is -2.67. The number of hydrogen-bond acceptors (Lipinski definition) is 0. The van der Waals surface area contributed by atoms with Crippen LogP contribution in [0, 0.1) is 11.8 Å². The molecule has 0 aliphatic heterocycles. The monoisotopic (exact) mass is 580 g/mol. The van der Waals surface area contributed by atoms with Gasteiger partial charge in [-0.2, -0.15) is 0 Å². The molecule has 4 bridgehead atoms. The minimum Gasteiger partial charge on any atom is -0.126 e. The fraction of sp³-hybridized carbons (Fsp3) is 0.500. The van der Waals surface area contributed by atoms with Gasteiger partial charge in [0.1, 0.15) is 0 Å². The van der Waals surface area contributed by atoms with Crippen LogP contribution in [-0.2, 0) is 22.9 Å². The van der Waals surface area contributed by atoms with E-state index in [4.69, 9.17) is 66.5 Å². The van der Waals surface area contributed by atoms with E-state index in [9.17, 15) is 0 Å². The second-order valence-corrected chi connectivity index (χ2v) is 28.8. The normalized spacial score (nSPS) is 31.8. The lowest BCUT2D eigenvalue weighted by molar-refractivity contribution is -0.0281. The van der Waals surface area contributed by atoms with Gasteiger partial charge in [0.05, 0.1) is 0 Å². The Morgan fingerprint density at radius 1 is 0.594 bits per heavy atom. The molecule has 0 atom stereocenters. The van der Waals surface area contributed by atoms with Crippen LogP contribution in [0.3, 0.4) is 0 Å². The van der Waals surface area contributed by atoms with Gasteiger partial charge < -0.3 is 0 Å². The van der Waals surface area contributed by atoms with E-state index in [2.05, 4.69) is 48.5 Å². The van der Waals surface area contributed by atoms with E-state index in [0.29, 0.717) is 12.1 Å². The van der Waals surface area contributed by atoms with Gasteiger partial charge in [0.15, 0.2) is 0 Å². The van der Waals surface area contributed by atoms with E-state index in [1.165, 1.54) is 49.7 Å². The second-order valence-electron chi connectivity index (χ2n) is 10.5. The summed E-state index contributed by atoms with van der Waals surface area (Å²) in [6.45, 7) is 0. The van der Waals surface area contributed by atoms with Crippen LogP contribution in [0.25, 0.3) is 0 Å². The SMILES string of the molecule is Cl[Si](Cl)(Cl)Cc1ccc(C23CC4CC(C2)CC(c2ccc(C[Si](Cl)(Cl)Cl)cc2)(C4)C3)cc1. The van der Waals surface area contributed by atoms with Crippen LogP contribution in [-0.4, -0.2) is 12.0 Å². The number of rotatable bonds is 6. The second kappa shape index (κ2) is 8.62. The summed E-state index contributed by atoms with van der Waals surface area (Å²) in [5, 5.41) is 0. The fourth-order valence-corrected chi connectivity index (χ4v) is 11.5. The zero-order chi connectivity index (χ0) is 22.8. The Morgan fingerprint density at radius 3 is 1.25 bits per heavy atom. The van der Waals surface area contributed by atoms with E-state index < -0.39 is 12.0 Å². The summed E-state index contributed by atoms with van der Waals surface area (Å²) in [7, 11) is 0. The van der Waals surface area contributed by atoms with E-state index in [1.54, 1.807) is 0 Å². The largest absolute Gasteiger partial charge is 0.345 e. The van der Waals surface area contributed by atoms with Crippen molar-refractivity contribution in [2.45, 2.75) is 61.4 Å².